The number of hydrogen-bond acceptors (Lipinski definition) is 4. The van der Waals surface area contributed by atoms with Crippen LogP contribution in [0, 0.1) is 0 Å². The standard InChI is InChI=1S/C16H18N4/c1-2-13-10-18-16(20-15(13)3-1)19-14-5-4-12-9-17-7-6-11(12)8-14/h4-5,8,10,17H,1-3,6-7,9H2,(H,18,19,20). The van der Waals surface area contributed by atoms with Gasteiger partial charge in [-0.1, -0.05) is 6.07 Å². The highest BCUT2D eigenvalue weighted by Crippen LogP contribution is 2.23. The second-order valence-corrected chi connectivity index (χ2v) is 5.55. The first kappa shape index (κ1) is 11.9. The summed E-state index contributed by atoms with van der Waals surface area (Å²) in [6.07, 6.45) is 6.49. The van der Waals surface area contributed by atoms with Gasteiger partial charge in [0.25, 0.3) is 0 Å². The van der Waals surface area contributed by atoms with Crippen LogP contribution in [0.25, 0.3) is 0 Å². The maximum absolute atomic E-state index is 4.63. The lowest BCUT2D eigenvalue weighted by Gasteiger charge is -2.18. The molecule has 0 fully saturated rings. The molecule has 0 radical (unpaired) electrons. The fourth-order valence-electron chi connectivity index (χ4n) is 3.06. The summed E-state index contributed by atoms with van der Waals surface area (Å²) in [5.41, 5.74) is 6.44. The molecule has 20 heavy (non-hydrogen) atoms. The van der Waals surface area contributed by atoms with Gasteiger partial charge in [0.05, 0.1) is 0 Å². The third-order valence-corrected chi connectivity index (χ3v) is 4.16. The predicted octanol–water partition coefficient (Wildman–Crippen LogP) is 2.35. The Labute approximate surface area is 118 Å². The van der Waals surface area contributed by atoms with Gasteiger partial charge >= 0.3 is 0 Å². The number of hydrogen-bond donors (Lipinski definition) is 2. The second kappa shape index (κ2) is 4.87. The van der Waals surface area contributed by atoms with Gasteiger partial charge in [0.1, 0.15) is 0 Å². The molecule has 1 aliphatic heterocycles. The number of anilines is 2. The zero-order chi connectivity index (χ0) is 13.4. The van der Waals surface area contributed by atoms with Gasteiger partial charge in [0, 0.05) is 24.1 Å². The molecule has 0 amide bonds. The zero-order valence-electron chi connectivity index (χ0n) is 11.4. The van der Waals surface area contributed by atoms with Crippen molar-refractivity contribution in [1.82, 2.24) is 15.3 Å². The van der Waals surface area contributed by atoms with Crippen molar-refractivity contribution in [3.63, 3.8) is 0 Å². The Balaban J connectivity index is 1.59. The lowest BCUT2D eigenvalue weighted by molar-refractivity contribution is 0.644. The van der Waals surface area contributed by atoms with E-state index in [0.29, 0.717) is 0 Å². The smallest absolute Gasteiger partial charge is 0.227 e. The summed E-state index contributed by atoms with van der Waals surface area (Å²) in [6, 6.07) is 6.53. The summed E-state index contributed by atoms with van der Waals surface area (Å²) < 4.78 is 0. The van der Waals surface area contributed by atoms with Crippen LogP contribution in [0.4, 0.5) is 11.6 Å². The maximum Gasteiger partial charge on any atom is 0.227 e. The monoisotopic (exact) mass is 266 g/mol. The molecule has 4 nitrogen and oxygen atoms in total. The van der Waals surface area contributed by atoms with Crippen molar-refractivity contribution in [3.8, 4) is 0 Å². The van der Waals surface area contributed by atoms with Gasteiger partial charge in [-0.05, 0) is 61.1 Å². The molecule has 1 aliphatic carbocycles. The first-order chi connectivity index (χ1) is 9.88. The highest BCUT2D eigenvalue weighted by Gasteiger charge is 2.14. The molecule has 2 aromatic rings. The molecule has 2 aliphatic rings. The molecule has 0 saturated heterocycles. The van der Waals surface area contributed by atoms with Crippen LogP contribution in [0.15, 0.2) is 24.4 Å². The number of benzene rings is 1. The molecule has 0 bridgehead atoms. The summed E-state index contributed by atoms with van der Waals surface area (Å²) in [4.78, 5) is 9.05. The fraction of sp³-hybridized carbons (Fsp3) is 0.375. The number of aromatic nitrogens is 2. The van der Waals surface area contributed by atoms with Crippen LogP contribution in [0.1, 0.15) is 28.8 Å². The van der Waals surface area contributed by atoms with E-state index in [4.69, 9.17) is 0 Å². The van der Waals surface area contributed by atoms with Gasteiger partial charge in [-0.15, -0.1) is 0 Å². The zero-order valence-corrected chi connectivity index (χ0v) is 11.4. The number of nitrogens with one attached hydrogen (secondary N) is 2. The van der Waals surface area contributed by atoms with Crippen LogP contribution >= 0.6 is 0 Å². The average molecular weight is 266 g/mol. The van der Waals surface area contributed by atoms with E-state index in [0.717, 1.165) is 44.0 Å². The van der Waals surface area contributed by atoms with Crippen molar-refractivity contribution in [2.24, 2.45) is 0 Å². The van der Waals surface area contributed by atoms with Gasteiger partial charge in [-0.25, -0.2) is 9.97 Å². The molecular formula is C16H18N4. The molecule has 1 aromatic carbocycles. The molecule has 0 unspecified atom stereocenters. The van der Waals surface area contributed by atoms with Crippen LogP contribution in [0.3, 0.4) is 0 Å². The highest BCUT2D eigenvalue weighted by molar-refractivity contribution is 5.56. The van der Waals surface area contributed by atoms with Gasteiger partial charge in [0.15, 0.2) is 0 Å². The lowest BCUT2D eigenvalue weighted by atomic mass is 10.0. The van der Waals surface area contributed by atoms with Crippen LogP contribution in [0.2, 0.25) is 0 Å². The van der Waals surface area contributed by atoms with E-state index in [1.807, 2.05) is 6.20 Å². The largest absolute Gasteiger partial charge is 0.324 e. The minimum absolute atomic E-state index is 0.722. The van der Waals surface area contributed by atoms with Crippen molar-refractivity contribution in [2.75, 3.05) is 11.9 Å². The Bertz CT molecular complexity index is 651. The van der Waals surface area contributed by atoms with Gasteiger partial charge in [0.2, 0.25) is 5.95 Å². The molecule has 102 valence electrons. The average Bonchev–Trinajstić information content (AvgIpc) is 2.95. The molecule has 0 atom stereocenters. The summed E-state index contributed by atoms with van der Waals surface area (Å²) in [5, 5.41) is 6.73. The molecule has 0 saturated carbocycles. The van der Waals surface area contributed by atoms with Crippen LogP contribution in [-0.4, -0.2) is 16.5 Å². The van der Waals surface area contributed by atoms with E-state index in [2.05, 4.69) is 38.8 Å². The summed E-state index contributed by atoms with van der Waals surface area (Å²) in [5.74, 6) is 0.722. The Morgan fingerprint density at radius 2 is 2.05 bits per heavy atom. The normalized spacial score (nSPS) is 16.6. The van der Waals surface area contributed by atoms with Crippen molar-refractivity contribution in [1.29, 1.82) is 0 Å². The molecule has 4 heteroatoms. The number of fused-ring (bicyclic) bond motifs is 2. The van der Waals surface area contributed by atoms with Crippen LogP contribution in [-0.2, 0) is 25.8 Å². The van der Waals surface area contributed by atoms with Crippen molar-refractivity contribution < 1.29 is 0 Å². The first-order valence-corrected chi connectivity index (χ1v) is 7.33. The van der Waals surface area contributed by atoms with Crippen LogP contribution < -0.4 is 10.6 Å². The fourth-order valence-corrected chi connectivity index (χ4v) is 3.06. The maximum atomic E-state index is 4.63. The van der Waals surface area contributed by atoms with E-state index in [-0.39, 0.29) is 0 Å². The van der Waals surface area contributed by atoms with Crippen molar-refractivity contribution >= 4 is 11.6 Å². The molecule has 2 N–H and O–H groups in total. The van der Waals surface area contributed by atoms with E-state index in [9.17, 15) is 0 Å². The minimum Gasteiger partial charge on any atom is -0.324 e. The minimum atomic E-state index is 0.722. The number of aryl methyl sites for hydroxylation is 2. The lowest BCUT2D eigenvalue weighted by Crippen LogP contribution is -2.23. The predicted molar refractivity (Wildman–Crippen MR) is 79.2 cm³/mol. The molecule has 2 heterocycles. The Hall–Kier alpha value is -1.94. The number of nitrogens with zero attached hydrogens (tertiary/aromatic N) is 2. The molecule has 1 aromatic heterocycles. The molecule has 0 spiro atoms. The van der Waals surface area contributed by atoms with Crippen molar-refractivity contribution in [2.45, 2.75) is 32.2 Å². The SMILES string of the molecule is c1cc2c(cc1Nc1ncc3c(n1)CCC3)CCNC2. The number of rotatable bonds is 2. The van der Waals surface area contributed by atoms with Gasteiger partial charge in [-0.3, -0.25) is 0 Å². The van der Waals surface area contributed by atoms with Crippen LogP contribution in [0.5, 0.6) is 0 Å². The molecular weight excluding hydrogens is 248 g/mol. The summed E-state index contributed by atoms with van der Waals surface area (Å²) in [6.45, 7) is 2.04. The topological polar surface area (TPSA) is 49.8 Å². The Kier molecular flexibility index (Phi) is 2.89. The van der Waals surface area contributed by atoms with E-state index < -0.39 is 0 Å². The van der Waals surface area contributed by atoms with E-state index in [1.165, 1.54) is 28.8 Å². The molecule has 4 rings (SSSR count). The van der Waals surface area contributed by atoms with E-state index >= 15 is 0 Å². The van der Waals surface area contributed by atoms with Crippen molar-refractivity contribution in [3.05, 3.63) is 46.8 Å². The second-order valence-electron chi connectivity index (χ2n) is 5.55. The first-order valence-electron chi connectivity index (χ1n) is 7.33. The summed E-state index contributed by atoms with van der Waals surface area (Å²) in [7, 11) is 0. The third-order valence-electron chi connectivity index (χ3n) is 4.16. The Morgan fingerprint density at radius 3 is 3.05 bits per heavy atom. The summed E-state index contributed by atoms with van der Waals surface area (Å²) >= 11 is 0. The highest BCUT2D eigenvalue weighted by atomic mass is 15.1. The quantitative estimate of drug-likeness (QED) is 0.876. The Morgan fingerprint density at radius 1 is 1.05 bits per heavy atom. The van der Waals surface area contributed by atoms with E-state index in [1.54, 1.807) is 0 Å². The van der Waals surface area contributed by atoms with Gasteiger partial charge < -0.3 is 10.6 Å². The third kappa shape index (κ3) is 2.16. The van der Waals surface area contributed by atoms with Gasteiger partial charge in [-0.2, -0.15) is 0 Å².